The number of rotatable bonds is 3. The molecule has 0 N–H and O–H groups in total. The second-order valence-electron chi connectivity index (χ2n) is 4.39. The second kappa shape index (κ2) is 5.64. The third-order valence-corrected chi connectivity index (χ3v) is 3.41. The van der Waals surface area contributed by atoms with Crippen LogP contribution >= 0.6 is 38.5 Å². The lowest BCUT2D eigenvalue weighted by molar-refractivity contribution is -0.0496. The van der Waals surface area contributed by atoms with Crippen LogP contribution in [0.1, 0.15) is 32.4 Å². The number of benzene rings is 1. The summed E-state index contributed by atoms with van der Waals surface area (Å²) in [6.45, 7) is 6.26. The van der Waals surface area contributed by atoms with Crippen molar-refractivity contribution in [2.75, 3.05) is 4.43 Å². The maximum Gasteiger partial charge on any atom is 0.0932 e. The van der Waals surface area contributed by atoms with Crippen LogP contribution < -0.4 is 0 Å². The Morgan fingerprint density at radius 3 is 2.40 bits per heavy atom. The first-order valence-electron chi connectivity index (χ1n) is 4.92. The van der Waals surface area contributed by atoms with E-state index < -0.39 is 0 Å². The summed E-state index contributed by atoms with van der Waals surface area (Å²) in [7, 11) is 0. The van der Waals surface area contributed by atoms with Crippen LogP contribution in [0.4, 0.5) is 0 Å². The Kier molecular flexibility index (Phi) is 5.06. The lowest BCUT2D eigenvalue weighted by Gasteiger charge is -2.27. The summed E-state index contributed by atoms with van der Waals surface area (Å²) in [6.07, 6.45) is 0.154. The highest BCUT2D eigenvalue weighted by atomic mass is 127. The average molecular weight is 383 g/mol. The van der Waals surface area contributed by atoms with Crippen molar-refractivity contribution >= 4 is 38.5 Å². The molecule has 1 rings (SSSR count). The van der Waals surface area contributed by atoms with E-state index in [1.54, 1.807) is 0 Å². The predicted octanol–water partition coefficient (Wildman–Crippen LogP) is 4.74. The Labute approximate surface area is 114 Å². The van der Waals surface area contributed by atoms with Gasteiger partial charge in [-0.25, -0.2) is 0 Å². The van der Waals surface area contributed by atoms with Crippen LogP contribution in [0.3, 0.4) is 0 Å². The maximum absolute atomic E-state index is 6.02. The first kappa shape index (κ1) is 13.5. The van der Waals surface area contributed by atoms with Crippen LogP contribution in [0.15, 0.2) is 28.7 Å². The molecule has 0 aliphatic carbocycles. The molecular formula is C12H16BrIO. The minimum Gasteiger partial charge on any atom is -0.367 e. The molecule has 1 nitrogen and oxygen atoms in total. The molecule has 0 saturated heterocycles. The molecule has 0 fully saturated rings. The lowest BCUT2D eigenvalue weighted by atomic mass is 10.1. The van der Waals surface area contributed by atoms with E-state index in [9.17, 15) is 0 Å². The van der Waals surface area contributed by atoms with Gasteiger partial charge in [0, 0.05) is 8.90 Å². The smallest absolute Gasteiger partial charge is 0.0932 e. The van der Waals surface area contributed by atoms with Gasteiger partial charge in [0.1, 0.15) is 0 Å². The van der Waals surface area contributed by atoms with E-state index >= 15 is 0 Å². The third kappa shape index (κ3) is 4.41. The molecule has 0 radical (unpaired) electrons. The van der Waals surface area contributed by atoms with Gasteiger partial charge in [0.2, 0.25) is 0 Å². The normalized spacial score (nSPS) is 13.9. The molecule has 0 aromatic heterocycles. The van der Waals surface area contributed by atoms with E-state index in [0.717, 1.165) is 8.90 Å². The van der Waals surface area contributed by atoms with Crippen LogP contribution in [-0.4, -0.2) is 10.0 Å². The molecular weight excluding hydrogens is 367 g/mol. The Balaban J connectivity index is 2.88. The van der Waals surface area contributed by atoms with Gasteiger partial charge in [0.05, 0.1) is 11.7 Å². The highest BCUT2D eigenvalue weighted by molar-refractivity contribution is 14.1. The average Bonchev–Trinajstić information content (AvgIpc) is 2.14. The minimum absolute atomic E-state index is 0.106. The van der Waals surface area contributed by atoms with Crippen molar-refractivity contribution in [3.63, 3.8) is 0 Å². The highest BCUT2D eigenvalue weighted by Crippen LogP contribution is 2.30. The summed E-state index contributed by atoms with van der Waals surface area (Å²) in [4.78, 5) is 0. The van der Waals surface area contributed by atoms with Crippen molar-refractivity contribution in [1.29, 1.82) is 0 Å². The molecule has 1 aromatic rings. The van der Waals surface area contributed by atoms with E-state index in [0.29, 0.717) is 0 Å². The SMILES string of the molecule is CC(C)(C)OC(CI)c1ccccc1Br. The molecule has 0 saturated carbocycles. The molecule has 1 atom stereocenters. The molecule has 0 aliphatic heterocycles. The van der Waals surface area contributed by atoms with Gasteiger partial charge in [-0.3, -0.25) is 0 Å². The summed E-state index contributed by atoms with van der Waals surface area (Å²) in [5, 5.41) is 0. The van der Waals surface area contributed by atoms with Crippen LogP contribution in [0.25, 0.3) is 0 Å². The van der Waals surface area contributed by atoms with Gasteiger partial charge in [0.15, 0.2) is 0 Å². The Morgan fingerprint density at radius 1 is 1.33 bits per heavy atom. The van der Waals surface area contributed by atoms with Crippen LogP contribution in [-0.2, 0) is 4.74 Å². The first-order chi connectivity index (χ1) is 6.94. The first-order valence-corrected chi connectivity index (χ1v) is 7.24. The van der Waals surface area contributed by atoms with Gasteiger partial charge >= 0.3 is 0 Å². The second-order valence-corrected chi connectivity index (χ2v) is 6.13. The number of ether oxygens (including phenoxy) is 1. The summed E-state index contributed by atoms with van der Waals surface area (Å²) in [5.74, 6) is 0. The summed E-state index contributed by atoms with van der Waals surface area (Å²) >= 11 is 5.93. The third-order valence-electron chi connectivity index (χ3n) is 1.89. The molecule has 0 spiro atoms. The van der Waals surface area contributed by atoms with Gasteiger partial charge in [-0.15, -0.1) is 0 Å². The molecule has 1 aromatic carbocycles. The standard InChI is InChI=1S/C12H16BrIO/c1-12(2,3)15-11(8-14)9-6-4-5-7-10(9)13/h4-7,11H,8H2,1-3H3. The monoisotopic (exact) mass is 382 g/mol. The fourth-order valence-electron chi connectivity index (χ4n) is 1.34. The van der Waals surface area contributed by atoms with Crippen molar-refractivity contribution in [1.82, 2.24) is 0 Å². The number of hydrogen-bond acceptors (Lipinski definition) is 1. The largest absolute Gasteiger partial charge is 0.367 e. The molecule has 15 heavy (non-hydrogen) atoms. The highest BCUT2D eigenvalue weighted by Gasteiger charge is 2.20. The van der Waals surface area contributed by atoms with E-state index in [1.165, 1.54) is 5.56 Å². The minimum atomic E-state index is -0.106. The molecule has 0 heterocycles. The van der Waals surface area contributed by atoms with E-state index in [4.69, 9.17) is 4.74 Å². The van der Waals surface area contributed by atoms with E-state index in [1.807, 2.05) is 12.1 Å². The zero-order valence-electron chi connectivity index (χ0n) is 9.26. The van der Waals surface area contributed by atoms with Crippen LogP contribution in [0, 0.1) is 0 Å². The molecule has 84 valence electrons. The van der Waals surface area contributed by atoms with Gasteiger partial charge in [-0.1, -0.05) is 56.7 Å². The quantitative estimate of drug-likeness (QED) is 0.541. The van der Waals surface area contributed by atoms with Crippen LogP contribution in [0.2, 0.25) is 0 Å². The topological polar surface area (TPSA) is 9.23 Å². The van der Waals surface area contributed by atoms with Gasteiger partial charge < -0.3 is 4.74 Å². The van der Waals surface area contributed by atoms with Gasteiger partial charge in [-0.05, 0) is 32.4 Å². The number of hydrogen-bond donors (Lipinski definition) is 0. The summed E-state index contributed by atoms with van der Waals surface area (Å²) in [6, 6.07) is 8.24. The zero-order chi connectivity index (χ0) is 11.5. The van der Waals surface area contributed by atoms with Crippen molar-refractivity contribution < 1.29 is 4.74 Å². The lowest BCUT2D eigenvalue weighted by Crippen LogP contribution is -2.23. The zero-order valence-corrected chi connectivity index (χ0v) is 13.0. The van der Waals surface area contributed by atoms with Gasteiger partial charge in [0.25, 0.3) is 0 Å². The number of alkyl halides is 1. The maximum atomic E-state index is 6.02. The molecule has 3 heteroatoms. The number of halogens is 2. The Hall–Kier alpha value is 0.390. The Bertz CT molecular complexity index is 320. The summed E-state index contributed by atoms with van der Waals surface area (Å²) in [5.41, 5.74) is 1.12. The van der Waals surface area contributed by atoms with E-state index in [2.05, 4.69) is 71.4 Å². The van der Waals surface area contributed by atoms with Gasteiger partial charge in [-0.2, -0.15) is 0 Å². The van der Waals surface area contributed by atoms with Crippen molar-refractivity contribution in [3.05, 3.63) is 34.3 Å². The molecule has 1 unspecified atom stereocenters. The molecule has 0 aliphatic rings. The van der Waals surface area contributed by atoms with Crippen molar-refractivity contribution in [3.8, 4) is 0 Å². The fourth-order valence-corrected chi connectivity index (χ4v) is 2.54. The van der Waals surface area contributed by atoms with E-state index in [-0.39, 0.29) is 11.7 Å². The predicted molar refractivity (Wildman–Crippen MR) is 76.6 cm³/mol. The molecule has 0 bridgehead atoms. The van der Waals surface area contributed by atoms with Crippen molar-refractivity contribution in [2.45, 2.75) is 32.5 Å². The Morgan fingerprint density at radius 2 is 1.93 bits per heavy atom. The molecule has 0 amide bonds. The van der Waals surface area contributed by atoms with Crippen molar-refractivity contribution in [2.24, 2.45) is 0 Å². The summed E-state index contributed by atoms with van der Waals surface area (Å²) < 4.78 is 8.09. The van der Waals surface area contributed by atoms with Crippen LogP contribution in [0.5, 0.6) is 0 Å². The fraction of sp³-hybridized carbons (Fsp3) is 0.500.